The molecule has 0 aliphatic carbocycles. The van der Waals surface area contributed by atoms with E-state index in [4.69, 9.17) is 11.6 Å². The molecule has 0 spiro atoms. The second-order valence-corrected chi connectivity index (χ2v) is 4.46. The van der Waals surface area contributed by atoms with Gasteiger partial charge in [-0.1, -0.05) is 23.2 Å². The van der Waals surface area contributed by atoms with E-state index in [-0.39, 0.29) is 16.7 Å². The van der Waals surface area contributed by atoms with E-state index in [1.54, 1.807) is 0 Å². The maximum Gasteiger partial charge on any atom is 0.342 e. The summed E-state index contributed by atoms with van der Waals surface area (Å²) in [4.78, 5) is 0.211. The predicted octanol–water partition coefficient (Wildman–Crippen LogP) is 4.56. The molecule has 0 amide bonds. The molecule has 0 bridgehead atoms. The number of hydrogen-bond donors (Lipinski definition) is 0. The summed E-state index contributed by atoms with van der Waals surface area (Å²) in [5.41, 5.74) is -2.71. The van der Waals surface area contributed by atoms with Crippen LogP contribution in [0, 0.1) is 0 Å². The highest BCUT2D eigenvalue weighted by Gasteiger charge is 2.40. The summed E-state index contributed by atoms with van der Waals surface area (Å²) < 4.78 is 37.7. The maximum atomic E-state index is 12.8. The van der Waals surface area contributed by atoms with Crippen molar-refractivity contribution in [2.24, 2.45) is 0 Å². The molecule has 0 heterocycles. The number of halogens is 5. The Bertz CT molecular complexity index is 300. The number of benzene rings is 1. The predicted molar refractivity (Wildman–Crippen MR) is 53.0 cm³/mol. The van der Waals surface area contributed by atoms with Crippen LogP contribution in [-0.4, -0.2) is 10.9 Å². The zero-order valence-electron chi connectivity index (χ0n) is 6.68. The first-order chi connectivity index (χ1) is 6.42. The van der Waals surface area contributed by atoms with Gasteiger partial charge in [-0.05, 0) is 36.0 Å². The van der Waals surface area contributed by atoms with Gasteiger partial charge in [0, 0.05) is 9.92 Å². The van der Waals surface area contributed by atoms with Crippen molar-refractivity contribution >= 4 is 35.0 Å². The van der Waals surface area contributed by atoms with Crippen molar-refractivity contribution in [3.63, 3.8) is 0 Å². The fraction of sp³-hybridized carbons (Fsp3) is 0.250. The summed E-state index contributed by atoms with van der Waals surface area (Å²) in [6.07, 6.45) is 0. The van der Waals surface area contributed by atoms with Crippen molar-refractivity contribution in [1.29, 1.82) is 0 Å². The minimum absolute atomic E-state index is 0.0638. The molecule has 1 aromatic rings. The molecule has 0 nitrogen and oxygen atoms in total. The smallest absolute Gasteiger partial charge is 0.222 e. The third-order valence-corrected chi connectivity index (χ3v) is 2.96. The average molecular weight is 261 g/mol. The second kappa shape index (κ2) is 4.64. The normalized spacial score (nSPS) is 14.1. The highest BCUT2D eigenvalue weighted by molar-refractivity contribution is 8.00. The lowest BCUT2D eigenvalue weighted by Crippen LogP contribution is -2.20. The Morgan fingerprint density at radius 1 is 1.21 bits per heavy atom. The Kier molecular flexibility index (Phi) is 3.98. The van der Waals surface area contributed by atoms with E-state index in [9.17, 15) is 13.2 Å². The fourth-order valence-corrected chi connectivity index (χ4v) is 1.64. The van der Waals surface area contributed by atoms with Gasteiger partial charge in [0.2, 0.25) is 5.63 Å². The van der Waals surface area contributed by atoms with E-state index >= 15 is 0 Å². The third-order valence-electron chi connectivity index (χ3n) is 1.32. The van der Waals surface area contributed by atoms with Crippen molar-refractivity contribution < 1.29 is 13.2 Å². The molecule has 0 radical (unpaired) electrons. The molecule has 0 fully saturated rings. The average Bonchev–Trinajstić information content (AvgIpc) is 2.08. The number of thioether (sulfide) groups is 1. The van der Waals surface area contributed by atoms with Crippen LogP contribution in [0.4, 0.5) is 13.2 Å². The van der Waals surface area contributed by atoms with E-state index in [0.717, 1.165) is 0 Å². The van der Waals surface area contributed by atoms with Crippen LogP contribution in [0.3, 0.4) is 0 Å². The largest absolute Gasteiger partial charge is 0.342 e. The summed E-state index contributed by atoms with van der Waals surface area (Å²) in [7, 11) is 0. The molecule has 1 aromatic carbocycles. The van der Waals surface area contributed by atoms with Crippen LogP contribution in [0.1, 0.15) is 0 Å². The van der Waals surface area contributed by atoms with Crippen molar-refractivity contribution in [3.8, 4) is 0 Å². The molecule has 0 aromatic heterocycles. The van der Waals surface area contributed by atoms with Crippen LogP contribution in [0.5, 0.6) is 0 Å². The second-order valence-electron chi connectivity index (χ2n) is 2.42. The van der Waals surface area contributed by atoms with E-state index in [2.05, 4.69) is 11.6 Å². The van der Waals surface area contributed by atoms with Crippen LogP contribution in [0.25, 0.3) is 0 Å². The Balaban J connectivity index is 2.74. The first kappa shape index (κ1) is 12.0. The molecule has 0 aliphatic heterocycles. The molecule has 0 saturated heterocycles. The van der Waals surface area contributed by atoms with Gasteiger partial charge in [0.1, 0.15) is 0 Å². The molecule has 0 N–H and O–H groups in total. The number of rotatable bonds is 3. The van der Waals surface area contributed by atoms with Crippen LogP contribution in [0.15, 0.2) is 29.2 Å². The molecule has 6 heteroatoms. The highest BCUT2D eigenvalue weighted by atomic mass is 35.5. The third kappa shape index (κ3) is 3.26. The summed E-state index contributed by atoms with van der Waals surface area (Å²) in [6.45, 7) is 0. The maximum absolute atomic E-state index is 12.8. The van der Waals surface area contributed by atoms with Crippen LogP contribution >= 0.6 is 35.0 Å². The first-order valence-corrected chi connectivity index (χ1v) is 5.15. The summed E-state index contributed by atoms with van der Waals surface area (Å²) in [5.74, 6) is 0. The van der Waals surface area contributed by atoms with Crippen molar-refractivity contribution in [1.82, 2.24) is 0 Å². The van der Waals surface area contributed by atoms with Gasteiger partial charge in [-0.15, -0.1) is 0 Å². The molecule has 0 aliphatic rings. The number of alkyl halides is 4. The van der Waals surface area contributed by atoms with Crippen molar-refractivity contribution in [2.45, 2.75) is 15.8 Å². The van der Waals surface area contributed by atoms with E-state index < -0.39 is 10.9 Å². The monoisotopic (exact) mass is 260 g/mol. The molecule has 1 atom stereocenters. The SMILES string of the molecule is F[C@H](Cl)C(F)(F)Sc1ccc(Cl)cc1. The zero-order valence-corrected chi connectivity index (χ0v) is 9.01. The molecular formula is C8H5Cl2F3S. The topological polar surface area (TPSA) is 0 Å². The first-order valence-electron chi connectivity index (χ1n) is 3.52. The van der Waals surface area contributed by atoms with Gasteiger partial charge >= 0.3 is 5.25 Å². The van der Waals surface area contributed by atoms with Gasteiger partial charge in [-0.2, -0.15) is 8.78 Å². The molecule has 1 rings (SSSR count). The fourth-order valence-electron chi connectivity index (χ4n) is 0.704. The Morgan fingerprint density at radius 2 is 1.71 bits per heavy atom. The van der Waals surface area contributed by atoms with Gasteiger partial charge in [-0.3, -0.25) is 0 Å². The lowest BCUT2D eigenvalue weighted by Gasteiger charge is -2.14. The lowest BCUT2D eigenvalue weighted by molar-refractivity contribution is 0.0537. The Morgan fingerprint density at radius 3 is 2.14 bits per heavy atom. The Hall–Kier alpha value is -0.0600. The summed E-state index contributed by atoms with van der Waals surface area (Å²) in [5, 5.41) is -3.20. The molecule has 14 heavy (non-hydrogen) atoms. The summed E-state index contributed by atoms with van der Waals surface area (Å²) in [6, 6.07) is 5.64. The van der Waals surface area contributed by atoms with Crippen LogP contribution in [-0.2, 0) is 0 Å². The Labute approximate surface area is 93.4 Å². The van der Waals surface area contributed by atoms with Crippen molar-refractivity contribution in [2.75, 3.05) is 0 Å². The minimum Gasteiger partial charge on any atom is -0.222 e. The van der Waals surface area contributed by atoms with E-state index in [0.29, 0.717) is 5.02 Å². The minimum atomic E-state index is -3.63. The quantitative estimate of drug-likeness (QED) is 0.567. The van der Waals surface area contributed by atoms with Gasteiger partial charge in [0.05, 0.1) is 0 Å². The van der Waals surface area contributed by atoms with Gasteiger partial charge < -0.3 is 0 Å². The number of hydrogen-bond acceptors (Lipinski definition) is 1. The summed E-state index contributed by atoms with van der Waals surface area (Å²) >= 11 is 10.3. The van der Waals surface area contributed by atoms with Crippen molar-refractivity contribution in [3.05, 3.63) is 29.3 Å². The standard InChI is InChI=1S/C8H5Cl2F3S/c9-5-1-3-6(4-2-5)14-8(12,13)7(10)11/h1-4,7H/t7-/m0/s1. The van der Waals surface area contributed by atoms with Gasteiger partial charge in [-0.25, -0.2) is 4.39 Å². The van der Waals surface area contributed by atoms with E-state index in [1.165, 1.54) is 24.3 Å². The highest BCUT2D eigenvalue weighted by Crippen LogP contribution is 2.41. The van der Waals surface area contributed by atoms with Crippen LogP contribution < -0.4 is 0 Å². The van der Waals surface area contributed by atoms with Gasteiger partial charge in [0.25, 0.3) is 0 Å². The molecule has 78 valence electrons. The van der Waals surface area contributed by atoms with Gasteiger partial charge in [0.15, 0.2) is 0 Å². The lowest BCUT2D eigenvalue weighted by atomic mass is 10.4. The van der Waals surface area contributed by atoms with Crippen LogP contribution in [0.2, 0.25) is 5.02 Å². The zero-order chi connectivity index (χ0) is 10.8. The molecular weight excluding hydrogens is 256 g/mol. The molecule has 0 unspecified atom stereocenters. The van der Waals surface area contributed by atoms with E-state index in [1.807, 2.05) is 0 Å². The molecule has 0 saturated carbocycles.